The van der Waals surface area contributed by atoms with Crippen LogP contribution in [0.4, 0.5) is 4.39 Å². The fraction of sp³-hybridized carbons (Fsp3) is 1.00. The number of alkyl halides is 1. The molecule has 3 saturated carbocycles. The van der Waals surface area contributed by atoms with Crippen molar-refractivity contribution in [2.45, 2.75) is 31.9 Å². The zero-order valence-electron chi connectivity index (χ0n) is 7.07. The third-order valence-electron chi connectivity index (χ3n) is 3.21. The van der Waals surface area contributed by atoms with Gasteiger partial charge < -0.3 is 5.32 Å². The van der Waals surface area contributed by atoms with E-state index < -0.39 is 5.67 Å². The number of nitrogens with one attached hydrogen (secondary N) is 1. The van der Waals surface area contributed by atoms with Gasteiger partial charge >= 0.3 is 0 Å². The molecular formula is C9H16FN. The van der Waals surface area contributed by atoms with E-state index in [9.17, 15) is 4.39 Å². The van der Waals surface area contributed by atoms with E-state index in [2.05, 4.69) is 12.2 Å². The second kappa shape index (κ2) is 2.44. The fourth-order valence-corrected chi connectivity index (χ4v) is 2.59. The van der Waals surface area contributed by atoms with E-state index in [1.165, 1.54) is 0 Å². The van der Waals surface area contributed by atoms with Crippen molar-refractivity contribution in [2.24, 2.45) is 11.8 Å². The van der Waals surface area contributed by atoms with Gasteiger partial charge in [-0.05, 0) is 44.2 Å². The Morgan fingerprint density at radius 3 is 2.64 bits per heavy atom. The minimum Gasteiger partial charge on any atom is -0.317 e. The number of hydrogen-bond donors (Lipinski definition) is 1. The van der Waals surface area contributed by atoms with Crippen molar-refractivity contribution in [1.82, 2.24) is 5.32 Å². The molecule has 3 fully saturated rings. The summed E-state index contributed by atoms with van der Waals surface area (Å²) in [5.41, 5.74) is -0.731. The summed E-state index contributed by atoms with van der Waals surface area (Å²) in [6.45, 7) is 4.15. The third-order valence-corrected chi connectivity index (χ3v) is 3.21. The predicted molar refractivity (Wildman–Crippen MR) is 43.2 cm³/mol. The van der Waals surface area contributed by atoms with Gasteiger partial charge in [0.2, 0.25) is 0 Å². The molecule has 11 heavy (non-hydrogen) atoms. The fourth-order valence-electron chi connectivity index (χ4n) is 2.59. The van der Waals surface area contributed by atoms with Gasteiger partial charge in [0.05, 0.1) is 0 Å². The molecule has 3 aliphatic carbocycles. The molecule has 2 bridgehead atoms. The molecule has 0 saturated heterocycles. The summed E-state index contributed by atoms with van der Waals surface area (Å²) in [6.07, 6.45) is 2.52. The Labute approximate surface area is 67.4 Å². The number of fused-ring (bicyclic) bond motifs is 1. The standard InChI is InChI=1S/C9H16FN/c1-2-11-6-8-5-9(10)3-7(8)4-9/h7-8,11H,2-6H2,1H3. The first-order valence-electron chi connectivity index (χ1n) is 4.63. The molecule has 0 aromatic heterocycles. The summed E-state index contributed by atoms with van der Waals surface area (Å²) in [4.78, 5) is 0. The Bertz CT molecular complexity index is 152. The van der Waals surface area contributed by atoms with E-state index in [4.69, 9.17) is 0 Å². The van der Waals surface area contributed by atoms with Crippen molar-refractivity contribution in [3.63, 3.8) is 0 Å². The van der Waals surface area contributed by atoms with Crippen LogP contribution in [0.1, 0.15) is 26.2 Å². The van der Waals surface area contributed by atoms with Crippen LogP contribution in [0.25, 0.3) is 0 Å². The van der Waals surface area contributed by atoms with Crippen LogP contribution in [-0.2, 0) is 0 Å². The molecule has 0 aromatic carbocycles. The molecule has 0 spiro atoms. The molecule has 0 aromatic rings. The molecule has 0 amide bonds. The monoisotopic (exact) mass is 157 g/mol. The van der Waals surface area contributed by atoms with Crippen molar-refractivity contribution in [1.29, 1.82) is 0 Å². The molecule has 64 valence electrons. The van der Waals surface area contributed by atoms with Crippen LogP contribution in [0, 0.1) is 11.8 Å². The highest BCUT2D eigenvalue weighted by Gasteiger charge is 2.56. The number of hydrogen-bond acceptors (Lipinski definition) is 1. The summed E-state index contributed by atoms with van der Waals surface area (Å²) in [5.74, 6) is 1.35. The van der Waals surface area contributed by atoms with Crippen LogP contribution in [0.15, 0.2) is 0 Å². The lowest BCUT2D eigenvalue weighted by Gasteiger charge is -2.30. The average molecular weight is 157 g/mol. The molecule has 0 aliphatic heterocycles. The van der Waals surface area contributed by atoms with Gasteiger partial charge in [-0.2, -0.15) is 0 Å². The topological polar surface area (TPSA) is 12.0 Å². The smallest absolute Gasteiger partial charge is 0.112 e. The zero-order valence-corrected chi connectivity index (χ0v) is 7.07. The van der Waals surface area contributed by atoms with Crippen LogP contribution in [0.3, 0.4) is 0 Å². The molecule has 1 N–H and O–H groups in total. The van der Waals surface area contributed by atoms with E-state index in [0.717, 1.165) is 32.4 Å². The van der Waals surface area contributed by atoms with Crippen molar-refractivity contribution in [2.75, 3.05) is 13.1 Å². The second-order valence-electron chi connectivity index (χ2n) is 4.09. The summed E-state index contributed by atoms with van der Waals surface area (Å²) in [5, 5.41) is 3.30. The summed E-state index contributed by atoms with van der Waals surface area (Å²) in [7, 11) is 0. The molecular weight excluding hydrogens is 141 g/mol. The minimum atomic E-state index is -0.731. The molecule has 3 rings (SSSR count). The van der Waals surface area contributed by atoms with Crippen molar-refractivity contribution >= 4 is 0 Å². The Morgan fingerprint density at radius 1 is 1.45 bits per heavy atom. The summed E-state index contributed by atoms with van der Waals surface area (Å²) in [6, 6.07) is 0. The molecule has 2 heteroatoms. The molecule has 1 unspecified atom stereocenters. The van der Waals surface area contributed by atoms with E-state index in [-0.39, 0.29) is 0 Å². The van der Waals surface area contributed by atoms with E-state index in [1.807, 2.05) is 0 Å². The minimum absolute atomic E-state index is 0.639. The first kappa shape index (κ1) is 7.53. The Balaban J connectivity index is 1.81. The lowest BCUT2D eigenvalue weighted by Crippen LogP contribution is -2.30. The summed E-state index contributed by atoms with van der Waals surface area (Å²) < 4.78 is 13.3. The van der Waals surface area contributed by atoms with Crippen molar-refractivity contribution < 1.29 is 4.39 Å². The highest BCUT2D eigenvalue weighted by atomic mass is 19.1. The Kier molecular flexibility index (Phi) is 1.67. The normalized spacial score (nSPS) is 47.5. The predicted octanol–water partition coefficient (Wildman–Crippen LogP) is 1.73. The lowest BCUT2D eigenvalue weighted by molar-refractivity contribution is 0.0738. The zero-order chi connectivity index (χ0) is 7.90. The molecule has 0 heterocycles. The molecule has 1 atom stereocenters. The third kappa shape index (κ3) is 1.18. The van der Waals surface area contributed by atoms with Gasteiger partial charge in [0.25, 0.3) is 0 Å². The van der Waals surface area contributed by atoms with Crippen LogP contribution in [-0.4, -0.2) is 18.8 Å². The van der Waals surface area contributed by atoms with Gasteiger partial charge in [0.15, 0.2) is 0 Å². The van der Waals surface area contributed by atoms with Crippen LogP contribution in [0.2, 0.25) is 0 Å². The van der Waals surface area contributed by atoms with Gasteiger partial charge in [-0.1, -0.05) is 6.92 Å². The van der Waals surface area contributed by atoms with E-state index in [0.29, 0.717) is 11.8 Å². The van der Waals surface area contributed by atoms with Gasteiger partial charge in [-0.3, -0.25) is 0 Å². The highest BCUT2D eigenvalue weighted by molar-refractivity contribution is 5.06. The van der Waals surface area contributed by atoms with Crippen molar-refractivity contribution in [3.05, 3.63) is 0 Å². The molecule has 0 radical (unpaired) electrons. The highest BCUT2D eigenvalue weighted by Crippen LogP contribution is 2.57. The van der Waals surface area contributed by atoms with Crippen LogP contribution >= 0.6 is 0 Å². The number of rotatable bonds is 3. The lowest BCUT2D eigenvalue weighted by atomic mass is 9.80. The number of halogens is 1. The first-order chi connectivity index (χ1) is 5.23. The molecule has 1 nitrogen and oxygen atoms in total. The average Bonchev–Trinajstić information content (AvgIpc) is 2.36. The van der Waals surface area contributed by atoms with E-state index in [1.54, 1.807) is 0 Å². The quantitative estimate of drug-likeness (QED) is 0.658. The maximum absolute atomic E-state index is 13.3. The van der Waals surface area contributed by atoms with Gasteiger partial charge in [0.1, 0.15) is 5.67 Å². The first-order valence-corrected chi connectivity index (χ1v) is 4.63. The maximum atomic E-state index is 13.3. The second-order valence-corrected chi connectivity index (χ2v) is 4.09. The van der Waals surface area contributed by atoms with Gasteiger partial charge in [0, 0.05) is 0 Å². The van der Waals surface area contributed by atoms with Crippen LogP contribution < -0.4 is 5.32 Å². The van der Waals surface area contributed by atoms with E-state index >= 15 is 0 Å². The Morgan fingerprint density at radius 2 is 2.18 bits per heavy atom. The van der Waals surface area contributed by atoms with Crippen LogP contribution in [0.5, 0.6) is 0 Å². The largest absolute Gasteiger partial charge is 0.317 e. The Hall–Kier alpha value is -0.110. The van der Waals surface area contributed by atoms with Gasteiger partial charge in [-0.25, -0.2) is 4.39 Å². The maximum Gasteiger partial charge on any atom is 0.112 e. The SMILES string of the molecule is CCNCC1CC2(F)CC1C2. The van der Waals surface area contributed by atoms with Gasteiger partial charge in [-0.15, -0.1) is 0 Å². The van der Waals surface area contributed by atoms with Crippen molar-refractivity contribution in [3.8, 4) is 0 Å². The summed E-state index contributed by atoms with van der Waals surface area (Å²) >= 11 is 0. The molecule has 3 aliphatic rings.